The van der Waals surface area contributed by atoms with Gasteiger partial charge in [-0.2, -0.15) is 0 Å². The van der Waals surface area contributed by atoms with Crippen LogP contribution < -0.4 is 18.9 Å². The molecule has 2 aromatic carbocycles. The zero-order chi connectivity index (χ0) is 19.3. The number of allylic oxidation sites excluding steroid dienone is 1. The highest BCUT2D eigenvalue weighted by atomic mass is 79.9. The molecule has 1 N–H and O–H groups in total. The van der Waals surface area contributed by atoms with Crippen molar-refractivity contribution in [3.05, 3.63) is 45.9 Å². The van der Waals surface area contributed by atoms with E-state index < -0.39 is 0 Å². The molecule has 0 heterocycles. The first-order valence-corrected chi connectivity index (χ1v) is 8.33. The van der Waals surface area contributed by atoms with Crippen LogP contribution in [0.4, 0.5) is 0 Å². The summed E-state index contributed by atoms with van der Waals surface area (Å²) in [5.74, 6) is 1.28. The molecular formula is C19H19BrO6. The minimum Gasteiger partial charge on any atom is -0.503 e. The van der Waals surface area contributed by atoms with E-state index in [1.165, 1.54) is 34.5 Å². The summed E-state index contributed by atoms with van der Waals surface area (Å²) in [5, 5.41) is 9.84. The van der Waals surface area contributed by atoms with E-state index in [0.29, 0.717) is 38.6 Å². The number of carbonyl (C=O) groups excluding carboxylic acids is 1. The molecule has 0 saturated carbocycles. The second-order valence-electron chi connectivity index (χ2n) is 5.17. The molecule has 0 aromatic heterocycles. The second kappa shape index (κ2) is 8.62. The molecule has 0 fully saturated rings. The fourth-order valence-corrected chi connectivity index (χ4v) is 2.80. The fourth-order valence-electron chi connectivity index (χ4n) is 2.34. The molecule has 0 aliphatic rings. The molecule has 0 amide bonds. The first kappa shape index (κ1) is 19.7. The van der Waals surface area contributed by atoms with E-state index in [9.17, 15) is 9.90 Å². The molecule has 7 heteroatoms. The van der Waals surface area contributed by atoms with Crippen LogP contribution in [0.25, 0.3) is 6.08 Å². The number of methoxy groups -OCH3 is 4. The van der Waals surface area contributed by atoms with Gasteiger partial charge in [-0.25, -0.2) is 0 Å². The van der Waals surface area contributed by atoms with Crippen molar-refractivity contribution < 1.29 is 28.8 Å². The Balaban J connectivity index is 2.35. The van der Waals surface area contributed by atoms with E-state index in [0.717, 1.165) is 0 Å². The van der Waals surface area contributed by atoms with Crippen molar-refractivity contribution in [1.29, 1.82) is 0 Å². The SMILES string of the molecule is COc1cc(/C=C/C(=O)c2cc(OC)c(OC)c(OC)c2)cc(Br)c1O. The molecule has 2 aromatic rings. The first-order chi connectivity index (χ1) is 12.4. The van der Waals surface area contributed by atoms with Crippen LogP contribution in [0.5, 0.6) is 28.7 Å². The Morgan fingerprint density at radius 2 is 1.50 bits per heavy atom. The molecule has 0 aliphatic heterocycles. The van der Waals surface area contributed by atoms with Crippen LogP contribution in [0.1, 0.15) is 15.9 Å². The van der Waals surface area contributed by atoms with E-state index in [-0.39, 0.29) is 11.5 Å². The number of phenols is 1. The normalized spacial score (nSPS) is 10.7. The molecule has 26 heavy (non-hydrogen) atoms. The Hall–Kier alpha value is -2.67. The quantitative estimate of drug-likeness (QED) is 0.534. The summed E-state index contributed by atoms with van der Waals surface area (Å²) in [6.07, 6.45) is 3.04. The minimum atomic E-state index is -0.243. The molecule has 0 aliphatic carbocycles. The molecular weight excluding hydrogens is 404 g/mol. The van der Waals surface area contributed by atoms with Gasteiger partial charge in [-0.15, -0.1) is 0 Å². The maximum absolute atomic E-state index is 12.5. The van der Waals surface area contributed by atoms with Gasteiger partial charge in [-0.05, 0) is 51.8 Å². The molecule has 0 saturated heterocycles. The Morgan fingerprint density at radius 3 is 2.00 bits per heavy atom. The van der Waals surface area contributed by atoms with Crippen LogP contribution in [0.2, 0.25) is 0 Å². The monoisotopic (exact) mass is 422 g/mol. The maximum atomic E-state index is 12.5. The summed E-state index contributed by atoms with van der Waals surface area (Å²) in [6.45, 7) is 0. The van der Waals surface area contributed by atoms with E-state index in [1.54, 1.807) is 30.3 Å². The average Bonchev–Trinajstić information content (AvgIpc) is 2.66. The van der Waals surface area contributed by atoms with Gasteiger partial charge in [0.1, 0.15) is 0 Å². The Bertz CT molecular complexity index is 819. The topological polar surface area (TPSA) is 74.2 Å². The standard InChI is InChI=1S/C19H19BrO6/c1-23-15-8-11(7-13(20)18(15)22)5-6-14(21)12-9-16(24-2)19(26-4)17(10-12)25-3/h5-10,22H,1-4H3/b6-5+. The van der Waals surface area contributed by atoms with Gasteiger partial charge >= 0.3 is 0 Å². The average molecular weight is 423 g/mol. The van der Waals surface area contributed by atoms with Gasteiger partial charge in [0, 0.05) is 5.56 Å². The van der Waals surface area contributed by atoms with Crippen LogP contribution >= 0.6 is 15.9 Å². The number of aromatic hydroxyl groups is 1. The van der Waals surface area contributed by atoms with E-state index >= 15 is 0 Å². The zero-order valence-electron chi connectivity index (χ0n) is 14.8. The number of carbonyl (C=O) groups is 1. The third kappa shape index (κ3) is 4.11. The van der Waals surface area contributed by atoms with Crippen LogP contribution in [0.15, 0.2) is 34.8 Å². The lowest BCUT2D eigenvalue weighted by molar-refractivity contribution is 0.104. The Morgan fingerprint density at radius 1 is 0.923 bits per heavy atom. The summed E-state index contributed by atoms with van der Waals surface area (Å²) in [7, 11) is 5.93. The van der Waals surface area contributed by atoms with Gasteiger partial charge in [-0.1, -0.05) is 6.08 Å². The van der Waals surface area contributed by atoms with Crippen molar-refractivity contribution in [3.8, 4) is 28.7 Å². The zero-order valence-corrected chi connectivity index (χ0v) is 16.4. The van der Waals surface area contributed by atoms with E-state index in [2.05, 4.69) is 15.9 Å². The lowest BCUT2D eigenvalue weighted by Crippen LogP contribution is -2.00. The molecule has 0 radical (unpaired) electrons. The van der Waals surface area contributed by atoms with Gasteiger partial charge in [0.2, 0.25) is 5.75 Å². The highest BCUT2D eigenvalue weighted by Gasteiger charge is 2.16. The predicted octanol–water partition coefficient (Wildman–Crippen LogP) is 4.09. The summed E-state index contributed by atoms with van der Waals surface area (Å²) in [4.78, 5) is 12.5. The summed E-state index contributed by atoms with van der Waals surface area (Å²) < 4.78 is 21.3. The van der Waals surface area contributed by atoms with Gasteiger partial charge in [0.25, 0.3) is 0 Å². The summed E-state index contributed by atoms with van der Waals surface area (Å²) >= 11 is 3.25. The predicted molar refractivity (Wildman–Crippen MR) is 102 cm³/mol. The summed E-state index contributed by atoms with van der Waals surface area (Å²) in [5.41, 5.74) is 1.08. The van der Waals surface area contributed by atoms with Crippen LogP contribution in [-0.2, 0) is 0 Å². The molecule has 0 bridgehead atoms. The van der Waals surface area contributed by atoms with Crippen molar-refractivity contribution in [2.75, 3.05) is 28.4 Å². The second-order valence-corrected chi connectivity index (χ2v) is 6.02. The third-order valence-electron chi connectivity index (χ3n) is 3.65. The number of phenolic OH excluding ortho intramolecular Hbond substituents is 1. The van der Waals surface area contributed by atoms with Crippen molar-refractivity contribution in [1.82, 2.24) is 0 Å². The smallest absolute Gasteiger partial charge is 0.203 e. The molecule has 6 nitrogen and oxygen atoms in total. The fraction of sp³-hybridized carbons (Fsp3) is 0.211. The van der Waals surface area contributed by atoms with Crippen molar-refractivity contribution in [2.24, 2.45) is 0 Å². The number of hydrogen-bond acceptors (Lipinski definition) is 6. The molecule has 0 spiro atoms. The van der Waals surface area contributed by atoms with Gasteiger partial charge in [-0.3, -0.25) is 4.79 Å². The maximum Gasteiger partial charge on any atom is 0.203 e. The van der Waals surface area contributed by atoms with Gasteiger partial charge in [0.15, 0.2) is 28.8 Å². The number of ketones is 1. The number of hydrogen-bond donors (Lipinski definition) is 1. The van der Waals surface area contributed by atoms with E-state index in [4.69, 9.17) is 18.9 Å². The Kier molecular flexibility index (Phi) is 6.52. The number of benzene rings is 2. The lowest BCUT2D eigenvalue weighted by Gasteiger charge is -2.13. The highest BCUT2D eigenvalue weighted by Crippen LogP contribution is 2.38. The number of halogens is 1. The van der Waals surface area contributed by atoms with Crippen LogP contribution in [0.3, 0.4) is 0 Å². The number of ether oxygens (including phenoxy) is 4. The van der Waals surface area contributed by atoms with Gasteiger partial charge in [0.05, 0.1) is 32.9 Å². The van der Waals surface area contributed by atoms with Gasteiger partial charge < -0.3 is 24.1 Å². The summed E-state index contributed by atoms with van der Waals surface area (Å²) in [6, 6.07) is 6.47. The minimum absolute atomic E-state index is 0.000559. The largest absolute Gasteiger partial charge is 0.503 e. The molecule has 0 atom stereocenters. The molecule has 0 unspecified atom stereocenters. The lowest BCUT2D eigenvalue weighted by atomic mass is 10.1. The molecule has 138 valence electrons. The Labute approximate surface area is 160 Å². The van der Waals surface area contributed by atoms with Crippen molar-refractivity contribution >= 4 is 27.8 Å². The van der Waals surface area contributed by atoms with E-state index in [1.807, 2.05) is 0 Å². The number of rotatable bonds is 7. The van der Waals surface area contributed by atoms with Crippen molar-refractivity contribution in [2.45, 2.75) is 0 Å². The van der Waals surface area contributed by atoms with Crippen LogP contribution in [0, 0.1) is 0 Å². The highest BCUT2D eigenvalue weighted by molar-refractivity contribution is 9.10. The molecule has 2 rings (SSSR count). The first-order valence-electron chi connectivity index (χ1n) is 7.54. The third-order valence-corrected chi connectivity index (χ3v) is 4.25. The van der Waals surface area contributed by atoms with Crippen molar-refractivity contribution in [3.63, 3.8) is 0 Å². The van der Waals surface area contributed by atoms with Crippen LogP contribution in [-0.4, -0.2) is 39.3 Å².